The molecule has 90 valence electrons. The fourth-order valence-corrected chi connectivity index (χ4v) is 2.51. The molecule has 1 aliphatic carbocycles. The highest BCUT2D eigenvalue weighted by atomic mass is 16.5. The van der Waals surface area contributed by atoms with Crippen molar-refractivity contribution in [2.45, 2.75) is 37.8 Å². The van der Waals surface area contributed by atoms with Gasteiger partial charge in [-0.1, -0.05) is 6.07 Å². The second-order valence-corrected chi connectivity index (χ2v) is 4.75. The van der Waals surface area contributed by atoms with Crippen LogP contribution < -0.4 is 10.5 Å². The van der Waals surface area contributed by atoms with E-state index in [4.69, 9.17) is 10.5 Å². The molecule has 2 atom stereocenters. The van der Waals surface area contributed by atoms with Gasteiger partial charge in [-0.2, -0.15) is 5.10 Å². The van der Waals surface area contributed by atoms with E-state index in [-0.39, 0.29) is 12.1 Å². The summed E-state index contributed by atoms with van der Waals surface area (Å²) < 4.78 is 6.06. The number of fused-ring (bicyclic) bond motifs is 1. The third-order valence-electron chi connectivity index (χ3n) is 3.41. The van der Waals surface area contributed by atoms with Crippen molar-refractivity contribution in [1.29, 1.82) is 0 Å². The molecule has 1 heterocycles. The SMILES string of the molecule is N[C@H]1CCC[C@H](Oc2cccc3[nH]ncc23)C1. The fraction of sp³-hybridized carbons (Fsp3) is 0.462. The standard InChI is InChI=1S/C13H17N3O/c14-9-3-1-4-10(7-9)17-13-6-2-5-12-11(13)8-15-16-12/h2,5-6,8-10H,1,3-4,7,14H2,(H,15,16)/t9-,10-/m0/s1. The van der Waals surface area contributed by atoms with E-state index in [1.807, 2.05) is 24.4 Å². The van der Waals surface area contributed by atoms with Crippen molar-refractivity contribution in [2.75, 3.05) is 0 Å². The molecule has 3 rings (SSSR count). The van der Waals surface area contributed by atoms with Gasteiger partial charge in [0.05, 0.1) is 17.1 Å². The highest BCUT2D eigenvalue weighted by Gasteiger charge is 2.21. The molecule has 0 unspecified atom stereocenters. The minimum Gasteiger partial charge on any atom is -0.490 e. The van der Waals surface area contributed by atoms with Gasteiger partial charge in [0.2, 0.25) is 0 Å². The number of nitrogens with one attached hydrogen (secondary N) is 1. The van der Waals surface area contributed by atoms with Crippen molar-refractivity contribution in [2.24, 2.45) is 5.73 Å². The lowest BCUT2D eigenvalue weighted by atomic mass is 9.93. The lowest BCUT2D eigenvalue weighted by molar-refractivity contribution is 0.146. The maximum absolute atomic E-state index is 6.06. The second-order valence-electron chi connectivity index (χ2n) is 4.75. The van der Waals surface area contributed by atoms with Crippen LogP contribution in [0.4, 0.5) is 0 Å². The monoisotopic (exact) mass is 231 g/mol. The van der Waals surface area contributed by atoms with Gasteiger partial charge in [-0.25, -0.2) is 0 Å². The number of ether oxygens (including phenoxy) is 1. The Hall–Kier alpha value is -1.55. The Kier molecular flexibility index (Phi) is 2.73. The quantitative estimate of drug-likeness (QED) is 0.833. The van der Waals surface area contributed by atoms with E-state index in [2.05, 4.69) is 10.2 Å². The Bertz CT molecular complexity index is 508. The number of H-pyrrole nitrogens is 1. The van der Waals surface area contributed by atoms with Gasteiger partial charge in [-0.3, -0.25) is 5.10 Å². The van der Waals surface area contributed by atoms with Crippen LogP contribution in [0.1, 0.15) is 25.7 Å². The predicted octanol–water partition coefficient (Wildman–Crippen LogP) is 2.21. The molecular formula is C13H17N3O. The van der Waals surface area contributed by atoms with Gasteiger partial charge >= 0.3 is 0 Å². The molecule has 0 bridgehead atoms. The second kappa shape index (κ2) is 4.37. The average molecular weight is 231 g/mol. The highest BCUT2D eigenvalue weighted by molar-refractivity contribution is 5.84. The maximum Gasteiger partial charge on any atom is 0.130 e. The number of aromatic amines is 1. The molecule has 1 fully saturated rings. The summed E-state index contributed by atoms with van der Waals surface area (Å²) in [4.78, 5) is 0. The minimum atomic E-state index is 0.249. The first kappa shape index (κ1) is 10.6. The normalized spacial score (nSPS) is 25.0. The Balaban J connectivity index is 1.82. The molecule has 2 aromatic rings. The van der Waals surface area contributed by atoms with Gasteiger partial charge in [-0.15, -0.1) is 0 Å². The Morgan fingerprint density at radius 1 is 1.35 bits per heavy atom. The molecule has 3 N–H and O–H groups in total. The fourth-order valence-electron chi connectivity index (χ4n) is 2.51. The summed E-state index contributed by atoms with van der Waals surface area (Å²) >= 11 is 0. The van der Waals surface area contributed by atoms with Crippen LogP contribution in [0, 0.1) is 0 Å². The van der Waals surface area contributed by atoms with E-state index in [1.54, 1.807) is 0 Å². The first-order chi connectivity index (χ1) is 8.33. The smallest absolute Gasteiger partial charge is 0.130 e. The molecule has 0 radical (unpaired) electrons. The largest absolute Gasteiger partial charge is 0.490 e. The van der Waals surface area contributed by atoms with E-state index in [1.165, 1.54) is 0 Å². The van der Waals surface area contributed by atoms with Crippen molar-refractivity contribution in [3.05, 3.63) is 24.4 Å². The third-order valence-corrected chi connectivity index (χ3v) is 3.41. The first-order valence-electron chi connectivity index (χ1n) is 6.17. The van der Waals surface area contributed by atoms with Crippen LogP contribution in [0.3, 0.4) is 0 Å². The molecule has 4 nitrogen and oxygen atoms in total. The summed E-state index contributed by atoms with van der Waals surface area (Å²) in [6, 6.07) is 6.27. The van der Waals surface area contributed by atoms with Crippen molar-refractivity contribution in [3.8, 4) is 5.75 Å². The van der Waals surface area contributed by atoms with E-state index >= 15 is 0 Å². The number of benzene rings is 1. The van der Waals surface area contributed by atoms with E-state index in [0.717, 1.165) is 42.3 Å². The molecule has 1 saturated carbocycles. The van der Waals surface area contributed by atoms with Crippen LogP contribution in [-0.2, 0) is 0 Å². The van der Waals surface area contributed by atoms with Crippen molar-refractivity contribution >= 4 is 10.9 Å². The van der Waals surface area contributed by atoms with Crippen LogP contribution in [0.15, 0.2) is 24.4 Å². The Labute approximate surface area is 100 Å². The molecule has 1 aromatic heterocycles. The zero-order valence-corrected chi connectivity index (χ0v) is 9.73. The van der Waals surface area contributed by atoms with Crippen LogP contribution in [0.25, 0.3) is 10.9 Å². The van der Waals surface area contributed by atoms with Crippen LogP contribution in [-0.4, -0.2) is 22.3 Å². The Morgan fingerprint density at radius 3 is 3.18 bits per heavy atom. The third kappa shape index (κ3) is 2.13. The zero-order valence-electron chi connectivity index (χ0n) is 9.73. The number of hydrogen-bond acceptors (Lipinski definition) is 3. The van der Waals surface area contributed by atoms with Crippen LogP contribution in [0.2, 0.25) is 0 Å². The predicted molar refractivity (Wildman–Crippen MR) is 67.0 cm³/mol. The number of nitrogens with zero attached hydrogens (tertiary/aromatic N) is 1. The number of aromatic nitrogens is 2. The zero-order chi connectivity index (χ0) is 11.7. The van der Waals surface area contributed by atoms with Gasteiger partial charge in [0.1, 0.15) is 11.9 Å². The molecule has 0 spiro atoms. The van der Waals surface area contributed by atoms with Crippen molar-refractivity contribution < 1.29 is 4.74 Å². The molecule has 0 amide bonds. The van der Waals surface area contributed by atoms with Crippen molar-refractivity contribution in [1.82, 2.24) is 10.2 Å². The summed E-state index contributed by atoms with van der Waals surface area (Å²) in [6.07, 6.45) is 6.39. The molecule has 17 heavy (non-hydrogen) atoms. The molecular weight excluding hydrogens is 214 g/mol. The average Bonchev–Trinajstić information content (AvgIpc) is 2.78. The van der Waals surface area contributed by atoms with Crippen LogP contribution in [0.5, 0.6) is 5.75 Å². The van der Waals surface area contributed by atoms with Gasteiger partial charge in [0.25, 0.3) is 0 Å². The van der Waals surface area contributed by atoms with E-state index < -0.39 is 0 Å². The molecule has 1 aromatic carbocycles. The summed E-state index contributed by atoms with van der Waals surface area (Å²) in [5.74, 6) is 0.912. The van der Waals surface area contributed by atoms with Gasteiger partial charge < -0.3 is 10.5 Å². The van der Waals surface area contributed by atoms with Gasteiger partial charge in [0, 0.05) is 6.04 Å². The van der Waals surface area contributed by atoms with E-state index in [0.29, 0.717) is 0 Å². The number of hydrogen-bond donors (Lipinski definition) is 2. The summed E-state index contributed by atoms with van der Waals surface area (Å²) in [7, 11) is 0. The summed E-state index contributed by atoms with van der Waals surface area (Å²) in [5, 5.41) is 8.04. The maximum atomic E-state index is 6.06. The first-order valence-corrected chi connectivity index (χ1v) is 6.17. The topological polar surface area (TPSA) is 63.9 Å². The van der Waals surface area contributed by atoms with Gasteiger partial charge in [0.15, 0.2) is 0 Å². The molecule has 1 aliphatic rings. The Morgan fingerprint density at radius 2 is 2.29 bits per heavy atom. The van der Waals surface area contributed by atoms with Crippen LogP contribution >= 0.6 is 0 Å². The van der Waals surface area contributed by atoms with Crippen molar-refractivity contribution in [3.63, 3.8) is 0 Å². The lowest BCUT2D eigenvalue weighted by Gasteiger charge is -2.27. The number of nitrogens with two attached hydrogens (primary N) is 1. The molecule has 4 heteroatoms. The summed E-state index contributed by atoms with van der Waals surface area (Å²) in [5.41, 5.74) is 6.99. The van der Waals surface area contributed by atoms with E-state index in [9.17, 15) is 0 Å². The molecule has 0 aliphatic heterocycles. The highest BCUT2D eigenvalue weighted by Crippen LogP contribution is 2.28. The van der Waals surface area contributed by atoms with Gasteiger partial charge in [-0.05, 0) is 37.8 Å². The lowest BCUT2D eigenvalue weighted by Crippen LogP contribution is -2.33. The molecule has 0 saturated heterocycles. The minimum absolute atomic E-state index is 0.249. The summed E-state index contributed by atoms with van der Waals surface area (Å²) in [6.45, 7) is 0. The number of rotatable bonds is 2.